The van der Waals surface area contributed by atoms with E-state index in [1.807, 2.05) is 19.1 Å². The fourth-order valence-corrected chi connectivity index (χ4v) is 4.01. The van der Waals surface area contributed by atoms with Crippen molar-refractivity contribution in [3.8, 4) is 0 Å². The number of nitrogens with one attached hydrogen (secondary N) is 1. The molecule has 1 aliphatic heterocycles. The second kappa shape index (κ2) is 8.28. The normalized spacial score (nSPS) is 19.8. The summed E-state index contributed by atoms with van der Waals surface area (Å²) < 4.78 is 2.22. The maximum atomic E-state index is 13.0. The molecule has 1 amide bonds. The average Bonchev–Trinajstić information content (AvgIpc) is 2.93. The first-order valence-corrected chi connectivity index (χ1v) is 9.77. The van der Waals surface area contributed by atoms with E-state index >= 15 is 0 Å². The van der Waals surface area contributed by atoms with Gasteiger partial charge >= 0.3 is 0 Å². The van der Waals surface area contributed by atoms with Gasteiger partial charge in [0.15, 0.2) is 0 Å². The second-order valence-electron chi connectivity index (χ2n) is 7.93. The summed E-state index contributed by atoms with van der Waals surface area (Å²) in [4.78, 5) is 17.7. The summed E-state index contributed by atoms with van der Waals surface area (Å²) in [6, 6.07) is 12.8. The van der Waals surface area contributed by atoms with E-state index in [0.717, 1.165) is 43.1 Å². The van der Waals surface area contributed by atoms with Crippen molar-refractivity contribution in [2.75, 3.05) is 33.7 Å². The van der Waals surface area contributed by atoms with Gasteiger partial charge in [-0.05, 0) is 46.5 Å². The van der Waals surface area contributed by atoms with Crippen LogP contribution in [0.5, 0.6) is 0 Å². The van der Waals surface area contributed by atoms with Gasteiger partial charge in [0.05, 0.1) is 5.56 Å². The Bertz CT molecular complexity index is 783. The minimum absolute atomic E-state index is 0.0246. The van der Waals surface area contributed by atoms with Crippen LogP contribution >= 0.6 is 0 Å². The lowest BCUT2D eigenvalue weighted by Gasteiger charge is -2.41. The Morgan fingerprint density at radius 3 is 2.59 bits per heavy atom. The molecular weight excluding hydrogens is 336 g/mol. The number of piperazine rings is 1. The number of hydrogen-bond donors (Lipinski definition) is 1. The van der Waals surface area contributed by atoms with E-state index in [-0.39, 0.29) is 11.9 Å². The molecule has 5 nitrogen and oxygen atoms in total. The fourth-order valence-electron chi connectivity index (χ4n) is 4.01. The van der Waals surface area contributed by atoms with Crippen LogP contribution in [0.3, 0.4) is 0 Å². The van der Waals surface area contributed by atoms with E-state index in [1.54, 1.807) is 0 Å². The number of carbonyl (C=O) groups is 1. The van der Waals surface area contributed by atoms with Crippen LogP contribution in [-0.4, -0.2) is 66.1 Å². The topological polar surface area (TPSA) is 40.5 Å². The van der Waals surface area contributed by atoms with Crippen LogP contribution < -0.4 is 5.32 Å². The third kappa shape index (κ3) is 4.42. The molecule has 1 aromatic carbocycles. The number of carbonyl (C=O) groups excluding carboxylic acids is 1. The fraction of sp³-hybridized carbons (Fsp3) is 0.500. The van der Waals surface area contributed by atoms with E-state index in [9.17, 15) is 4.79 Å². The van der Waals surface area contributed by atoms with Crippen molar-refractivity contribution in [3.63, 3.8) is 0 Å². The Morgan fingerprint density at radius 1 is 1.19 bits per heavy atom. The monoisotopic (exact) mass is 368 g/mol. The Morgan fingerprint density at radius 2 is 1.89 bits per heavy atom. The molecule has 5 heteroatoms. The number of hydrogen-bond acceptors (Lipinski definition) is 3. The first-order valence-electron chi connectivity index (χ1n) is 9.77. The zero-order valence-electron chi connectivity index (χ0n) is 17.2. The Balaban J connectivity index is 1.72. The lowest BCUT2D eigenvalue weighted by Crippen LogP contribution is -2.58. The second-order valence-corrected chi connectivity index (χ2v) is 7.93. The number of aryl methyl sites for hydroxylation is 1. The molecule has 1 saturated heterocycles. The van der Waals surface area contributed by atoms with Crippen molar-refractivity contribution in [2.24, 2.45) is 0 Å². The third-order valence-electron chi connectivity index (χ3n) is 5.84. The molecule has 0 aliphatic carbocycles. The highest BCUT2D eigenvalue weighted by molar-refractivity contribution is 5.96. The zero-order chi connectivity index (χ0) is 19.6. The van der Waals surface area contributed by atoms with Gasteiger partial charge in [-0.2, -0.15) is 0 Å². The van der Waals surface area contributed by atoms with Crippen molar-refractivity contribution in [2.45, 2.75) is 39.4 Å². The summed E-state index contributed by atoms with van der Waals surface area (Å²) in [7, 11) is 4.29. The summed E-state index contributed by atoms with van der Waals surface area (Å²) >= 11 is 0. The molecule has 0 bridgehead atoms. The van der Waals surface area contributed by atoms with Crippen molar-refractivity contribution in [3.05, 3.63) is 58.9 Å². The van der Waals surface area contributed by atoms with Gasteiger partial charge in [0.1, 0.15) is 0 Å². The lowest BCUT2D eigenvalue weighted by atomic mass is 10.1. The van der Waals surface area contributed by atoms with Gasteiger partial charge in [-0.15, -0.1) is 0 Å². The molecule has 27 heavy (non-hydrogen) atoms. The Labute approximate surface area is 163 Å². The zero-order valence-corrected chi connectivity index (χ0v) is 17.2. The maximum absolute atomic E-state index is 13.0. The Hall–Kier alpha value is -2.11. The standard InChI is InChI=1S/C22H32N4O/c1-16-13-20(18(3)26(16)14-19-9-7-6-8-10-19)22(27)23-17(2)21-15-24(4)11-12-25(21)5/h6-10,13,17,21H,11-12,14-15H2,1-5H3,(H,23,27). The molecule has 2 aromatic rings. The molecule has 2 unspecified atom stereocenters. The molecule has 1 aliphatic rings. The van der Waals surface area contributed by atoms with E-state index in [1.165, 1.54) is 5.56 Å². The van der Waals surface area contributed by atoms with Crippen LogP contribution in [-0.2, 0) is 6.54 Å². The van der Waals surface area contributed by atoms with Crippen molar-refractivity contribution >= 4 is 5.91 Å². The van der Waals surface area contributed by atoms with Crippen LogP contribution in [0, 0.1) is 13.8 Å². The first kappa shape index (κ1) is 19.6. The van der Waals surface area contributed by atoms with E-state index in [0.29, 0.717) is 6.04 Å². The number of nitrogens with zero attached hydrogens (tertiary/aromatic N) is 3. The number of benzene rings is 1. The molecule has 0 saturated carbocycles. The molecule has 1 N–H and O–H groups in total. The molecule has 146 valence electrons. The molecule has 1 aromatic heterocycles. The Kier molecular flexibility index (Phi) is 6.02. The van der Waals surface area contributed by atoms with Gasteiger partial charge in [0.25, 0.3) is 5.91 Å². The molecule has 1 fully saturated rings. The lowest BCUT2D eigenvalue weighted by molar-refractivity contribution is 0.0771. The molecule has 3 rings (SSSR count). The van der Waals surface area contributed by atoms with Crippen LogP contribution in [0.2, 0.25) is 0 Å². The van der Waals surface area contributed by atoms with Gasteiger partial charge in [0, 0.05) is 49.7 Å². The number of aromatic nitrogens is 1. The highest BCUT2D eigenvalue weighted by atomic mass is 16.1. The number of amides is 1. The molecule has 0 radical (unpaired) electrons. The smallest absolute Gasteiger partial charge is 0.253 e. The van der Waals surface area contributed by atoms with Crippen molar-refractivity contribution in [1.29, 1.82) is 0 Å². The minimum Gasteiger partial charge on any atom is -0.348 e. The molecular formula is C22H32N4O. The maximum Gasteiger partial charge on any atom is 0.253 e. The van der Waals surface area contributed by atoms with Crippen LogP contribution in [0.4, 0.5) is 0 Å². The van der Waals surface area contributed by atoms with Gasteiger partial charge in [-0.25, -0.2) is 0 Å². The highest BCUT2D eigenvalue weighted by Gasteiger charge is 2.29. The summed E-state index contributed by atoms with van der Waals surface area (Å²) in [6.07, 6.45) is 0. The predicted octanol–water partition coefficient (Wildman–Crippen LogP) is 2.52. The quantitative estimate of drug-likeness (QED) is 0.882. The van der Waals surface area contributed by atoms with Gasteiger partial charge in [-0.1, -0.05) is 30.3 Å². The van der Waals surface area contributed by atoms with E-state index in [2.05, 4.69) is 71.9 Å². The van der Waals surface area contributed by atoms with Gasteiger partial charge in [-0.3, -0.25) is 9.69 Å². The summed E-state index contributed by atoms with van der Waals surface area (Å²) in [5.74, 6) is 0.0246. The van der Waals surface area contributed by atoms with Crippen LogP contribution in [0.15, 0.2) is 36.4 Å². The van der Waals surface area contributed by atoms with Crippen LogP contribution in [0.1, 0.15) is 34.2 Å². The van der Waals surface area contributed by atoms with Gasteiger partial charge < -0.3 is 14.8 Å². The van der Waals surface area contributed by atoms with Crippen molar-refractivity contribution in [1.82, 2.24) is 19.7 Å². The highest BCUT2D eigenvalue weighted by Crippen LogP contribution is 2.18. The SMILES string of the molecule is Cc1cc(C(=O)NC(C)C2CN(C)CCN2C)c(C)n1Cc1ccccc1. The molecule has 2 atom stereocenters. The third-order valence-corrected chi connectivity index (χ3v) is 5.84. The summed E-state index contributed by atoms with van der Waals surface area (Å²) in [5, 5.41) is 3.24. The van der Waals surface area contributed by atoms with E-state index < -0.39 is 0 Å². The average molecular weight is 369 g/mol. The number of likely N-dealkylation sites (N-methyl/N-ethyl adjacent to an activating group) is 2. The summed E-state index contributed by atoms with van der Waals surface area (Å²) in [5.41, 5.74) is 4.16. The number of rotatable bonds is 5. The van der Waals surface area contributed by atoms with Gasteiger partial charge in [0.2, 0.25) is 0 Å². The van der Waals surface area contributed by atoms with E-state index in [4.69, 9.17) is 0 Å². The predicted molar refractivity (Wildman–Crippen MR) is 110 cm³/mol. The molecule has 2 heterocycles. The minimum atomic E-state index is 0.0246. The van der Waals surface area contributed by atoms with Crippen molar-refractivity contribution < 1.29 is 4.79 Å². The van der Waals surface area contributed by atoms with Crippen LogP contribution in [0.25, 0.3) is 0 Å². The molecule has 0 spiro atoms. The largest absolute Gasteiger partial charge is 0.348 e. The first-order chi connectivity index (χ1) is 12.9. The summed E-state index contributed by atoms with van der Waals surface area (Å²) in [6.45, 7) is 10.1.